The second-order valence-corrected chi connectivity index (χ2v) is 16.8. The van der Waals surface area contributed by atoms with Crippen LogP contribution in [-0.2, 0) is 11.3 Å². The summed E-state index contributed by atoms with van der Waals surface area (Å²) in [6, 6.07) is 24.1. The third-order valence-electron chi connectivity index (χ3n) is 13.0. The molecule has 0 saturated carbocycles. The van der Waals surface area contributed by atoms with Crippen LogP contribution < -0.4 is 9.47 Å². The molecule has 8 heterocycles. The third-order valence-corrected chi connectivity index (χ3v) is 13.0. The number of rotatable bonds is 12. The van der Waals surface area contributed by atoms with Crippen molar-refractivity contribution < 1.29 is 27.7 Å². The van der Waals surface area contributed by atoms with Gasteiger partial charge < -0.3 is 19.8 Å². The van der Waals surface area contributed by atoms with E-state index < -0.39 is 23.3 Å². The number of piperazine rings is 2. The van der Waals surface area contributed by atoms with Crippen LogP contribution in [0.5, 0.6) is 0 Å². The number of H-pyrrole nitrogens is 2. The zero-order chi connectivity index (χ0) is 45.6. The first-order valence-corrected chi connectivity index (χ1v) is 22.0. The van der Waals surface area contributed by atoms with Crippen molar-refractivity contribution in [2.75, 3.05) is 63.8 Å². The number of Topliss-reactive ketones (excluding diaryl/α,β-unsaturated/α-hetero) is 2. The molecule has 2 fully saturated rings. The fraction of sp³-hybridized carbons (Fsp3) is 0.229. The van der Waals surface area contributed by atoms with E-state index in [1.807, 2.05) is 42.5 Å². The highest BCUT2D eigenvalue weighted by Crippen LogP contribution is 2.31. The van der Waals surface area contributed by atoms with Gasteiger partial charge in [0.25, 0.3) is 11.7 Å². The van der Waals surface area contributed by atoms with Gasteiger partial charge in [0.05, 0.1) is 59.2 Å². The van der Waals surface area contributed by atoms with Gasteiger partial charge >= 0.3 is 5.82 Å². The summed E-state index contributed by atoms with van der Waals surface area (Å²) in [6.45, 7) is 4.42. The quantitative estimate of drug-likeness (QED) is 0.0989. The number of aromatic nitrogens is 10. The number of hydrogen-bond acceptors (Lipinski definition) is 11. The summed E-state index contributed by atoms with van der Waals surface area (Å²) in [4.78, 5) is 60.0. The molecule has 11 rings (SSSR count). The van der Waals surface area contributed by atoms with Crippen molar-refractivity contribution >= 4 is 55.7 Å². The summed E-state index contributed by atoms with van der Waals surface area (Å²) in [7, 11) is 0. The molecule has 17 nitrogen and oxygen atoms in total. The average Bonchev–Trinajstić information content (AvgIpc) is 4.23. The van der Waals surface area contributed by atoms with E-state index >= 15 is 8.78 Å². The Labute approximate surface area is 380 Å². The van der Waals surface area contributed by atoms with Crippen molar-refractivity contribution in [3.8, 4) is 11.6 Å². The Morgan fingerprint density at radius 1 is 0.716 bits per heavy atom. The van der Waals surface area contributed by atoms with Gasteiger partial charge in [-0.2, -0.15) is 0 Å². The fourth-order valence-electron chi connectivity index (χ4n) is 9.66. The summed E-state index contributed by atoms with van der Waals surface area (Å²) in [5.74, 6) is -2.41. The van der Waals surface area contributed by atoms with E-state index in [9.17, 15) is 14.4 Å². The SMILES string of the molecule is O=C(C(=O)N1CCN(C(C[n+]2cc(F)c3c(C(=O)CN4CCN(c5cccc6ccccc56)CC4)c[nH]c3c2-n2ccnn2)c2ccccc2)CC1)c1c[nH]c2c(-n3ccnn3)ncc(F)c12. The van der Waals surface area contributed by atoms with Crippen LogP contribution in [0.25, 0.3) is 44.2 Å². The molecule has 6 aromatic heterocycles. The van der Waals surface area contributed by atoms with Crippen LogP contribution in [0.2, 0.25) is 0 Å². The number of benzene rings is 3. The van der Waals surface area contributed by atoms with Gasteiger partial charge in [0, 0.05) is 86.6 Å². The maximum absolute atomic E-state index is 16.7. The number of nitrogens with zero attached hydrogens (tertiary/aromatic N) is 12. The first-order valence-electron chi connectivity index (χ1n) is 22.0. The smallest absolute Gasteiger partial charge is 0.333 e. The number of anilines is 1. The lowest BCUT2D eigenvalue weighted by molar-refractivity contribution is -0.697. The molecule has 1 unspecified atom stereocenters. The van der Waals surface area contributed by atoms with Crippen molar-refractivity contribution in [3.63, 3.8) is 0 Å². The van der Waals surface area contributed by atoms with E-state index in [0.717, 1.165) is 24.8 Å². The van der Waals surface area contributed by atoms with Crippen LogP contribution in [0, 0.1) is 11.6 Å². The molecule has 0 spiro atoms. The monoisotopic (exact) mass is 901 g/mol. The van der Waals surface area contributed by atoms with E-state index in [1.54, 1.807) is 21.6 Å². The Kier molecular flexibility index (Phi) is 10.8. The molecule has 1 atom stereocenters. The number of halogens is 2. The largest absolute Gasteiger partial charge is 0.368 e. The van der Waals surface area contributed by atoms with Crippen LogP contribution in [0.3, 0.4) is 0 Å². The number of ketones is 2. The summed E-state index contributed by atoms with van der Waals surface area (Å²) < 4.78 is 36.6. The summed E-state index contributed by atoms with van der Waals surface area (Å²) in [5.41, 5.74) is 2.88. The number of carbonyl (C=O) groups is 3. The Morgan fingerprint density at radius 2 is 1.40 bits per heavy atom. The van der Waals surface area contributed by atoms with Gasteiger partial charge in [-0.3, -0.25) is 24.2 Å². The second-order valence-electron chi connectivity index (χ2n) is 16.8. The van der Waals surface area contributed by atoms with Gasteiger partial charge in [0.2, 0.25) is 0 Å². The minimum atomic E-state index is -0.853. The maximum atomic E-state index is 16.7. The number of nitrogens with one attached hydrogen (secondary N) is 2. The van der Waals surface area contributed by atoms with Gasteiger partial charge in [0.15, 0.2) is 23.2 Å². The highest BCUT2D eigenvalue weighted by Gasteiger charge is 2.35. The predicted molar refractivity (Wildman–Crippen MR) is 243 cm³/mol. The zero-order valence-corrected chi connectivity index (χ0v) is 36.0. The summed E-state index contributed by atoms with van der Waals surface area (Å²) >= 11 is 0. The molecule has 0 bridgehead atoms. The Morgan fingerprint density at radius 3 is 2.16 bits per heavy atom. The van der Waals surface area contributed by atoms with Gasteiger partial charge in [-0.25, -0.2) is 23.0 Å². The summed E-state index contributed by atoms with van der Waals surface area (Å²) in [6.07, 6.45) is 11.5. The highest BCUT2D eigenvalue weighted by atomic mass is 19.1. The van der Waals surface area contributed by atoms with E-state index in [1.165, 1.54) is 57.0 Å². The number of hydrogen-bond donors (Lipinski definition) is 2. The lowest BCUT2D eigenvalue weighted by atomic mass is 10.0. The first-order chi connectivity index (χ1) is 32.8. The molecule has 2 N–H and O–H groups in total. The van der Waals surface area contributed by atoms with E-state index in [4.69, 9.17) is 0 Å². The van der Waals surface area contributed by atoms with E-state index in [2.05, 4.69) is 80.6 Å². The van der Waals surface area contributed by atoms with E-state index in [0.29, 0.717) is 37.5 Å². The van der Waals surface area contributed by atoms with Gasteiger partial charge in [-0.15, -0.1) is 10.2 Å². The van der Waals surface area contributed by atoms with Crippen LogP contribution in [-0.4, -0.2) is 136 Å². The van der Waals surface area contributed by atoms with Crippen molar-refractivity contribution in [3.05, 3.63) is 151 Å². The molecule has 2 aliphatic heterocycles. The topological polar surface area (TPSA) is 174 Å². The highest BCUT2D eigenvalue weighted by molar-refractivity contribution is 6.45. The molecule has 2 saturated heterocycles. The second kappa shape index (κ2) is 17.4. The van der Waals surface area contributed by atoms with Crippen molar-refractivity contribution in [2.45, 2.75) is 12.6 Å². The van der Waals surface area contributed by atoms with Crippen LogP contribution >= 0.6 is 0 Å². The Hall–Kier alpha value is -8.03. The molecule has 0 radical (unpaired) electrons. The number of aromatic amines is 2. The summed E-state index contributed by atoms with van der Waals surface area (Å²) in [5, 5.41) is 18.6. The number of fused-ring (bicyclic) bond motifs is 3. The molecule has 336 valence electrons. The van der Waals surface area contributed by atoms with Crippen LogP contribution in [0.4, 0.5) is 14.5 Å². The maximum Gasteiger partial charge on any atom is 0.333 e. The molecule has 3 aromatic carbocycles. The minimum Gasteiger partial charge on any atom is -0.368 e. The van der Waals surface area contributed by atoms with Gasteiger partial charge in [-0.05, 0) is 17.0 Å². The van der Waals surface area contributed by atoms with Crippen molar-refractivity contribution in [1.29, 1.82) is 0 Å². The number of carbonyl (C=O) groups excluding carboxylic acids is 3. The lowest BCUT2D eigenvalue weighted by Gasteiger charge is -2.38. The molecule has 1 amide bonds. The Balaban J connectivity index is 0.824. The molecule has 67 heavy (non-hydrogen) atoms. The van der Waals surface area contributed by atoms with Crippen LogP contribution in [0.1, 0.15) is 32.3 Å². The Bertz CT molecular complexity index is 3280. The number of pyridine rings is 2. The van der Waals surface area contributed by atoms with Crippen LogP contribution in [0.15, 0.2) is 122 Å². The standard InChI is InChI=1S/C48H42F2N14O3/c49-36-27-53-46(63-15-13-54-56-63)43-42(36)35(26-51-43)45(66)48(67)61-23-21-60(22-24-61)39(32-8-2-1-3-9-32)29-62-28-37(50)41-34(25-52-44(41)47(62)64-16-14-55-57-64)40(65)30-58-17-19-59(20-18-58)38-12-6-10-31-7-4-5-11-33(31)38/h1-16,25-28,39H,17-24,29-30H2,(H,51,53,66)/p+1. The normalized spacial score (nSPS) is 15.5. The molecular weight excluding hydrogens is 859 g/mol. The first kappa shape index (κ1) is 41.7. The molecular formula is C48H43F2N14O3+. The third kappa shape index (κ3) is 7.66. The molecule has 19 heteroatoms. The van der Waals surface area contributed by atoms with Crippen molar-refractivity contribution in [2.24, 2.45) is 0 Å². The minimum absolute atomic E-state index is 0.0591. The lowest BCUT2D eigenvalue weighted by Crippen LogP contribution is -2.54. The van der Waals surface area contributed by atoms with Gasteiger partial charge in [0.1, 0.15) is 24.5 Å². The average molecular weight is 902 g/mol. The molecule has 2 aliphatic rings. The van der Waals surface area contributed by atoms with E-state index in [-0.39, 0.29) is 71.2 Å². The molecule has 9 aromatic rings. The van der Waals surface area contributed by atoms with Gasteiger partial charge in [-0.1, -0.05) is 76.6 Å². The molecule has 0 aliphatic carbocycles. The van der Waals surface area contributed by atoms with Crippen molar-refractivity contribution in [1.82, 2.24) is 59.6 Å². The predicted octanol–water partition coefficient (Wildman–Crippen LogP) is 4.70. The zero-order valence-electron chi connectivity index (χ0n) is 36.0. The fourth-order valence-corrected chi connectivity index (χ4v) is 9.66. The number of amides is 1.